The normalized spacial score (nSPS) is 15.2. The van der Waals surface area contributed by atoms with Crippen molar-refractivity contribution in [2.75, 3.05) is 37.7 Å². The van der Waals surface area contributed by atoms with Crippen LogP contribution in [0.1, 0.15) is 53.7 Å². The van der Waals surface area contributed by atoms with Crippen LogP contribution in [0.3, 0.4) is 0 Å². The highest BCUT2D eigenvalue weighted by Gasteiger charge is 2.31. The molecule has 42 heavy (non-hydrogen) atoms. The smallest absolute Gasteiger partial charge is 0.456 e. The first kappa shape index (κ1) is 29.4. The van der Waals surface area contributed by atoms with E-state index in [4.69, 9.17) is 9.47 Å². The number of hydrogen-bond acceptors (Lipinski definition) is 8. The van der Waals surface area contributed by atoms with Gasteiger partial charge in [0.1, 0.15) is 12.2 Å². The van der Waals surface area contributed by atoms with Crippen LogP contribution in [0.15, 0.2) is 60.7 Å². The van der Waals surface area contributed by atoms with E-state index >= 15 is 0 Å². The van der Waals surface area contributed by atoms with Crippen molar-refractivity contribution in [1.29, 1.82) is 0 Å². The number of carbonyl (C=O) groups excluding carboxylic acids is 2. The molecule has 1 aliphatic heterocycles. The number of carbonyl (C=O) groups is 2. The molecular weight excluding hydrogens is 563 g/mol. The first-order chi connectivity index (χ1) is 19.8. The van der Waals surface area contributed by atoms with Crippen molar-refractivity contribution in [3.63, 3.8) is 0 Å². The Bertz CT molecular complexity index is 1580. The van der Waals surface area contributed by atoms with Gasteiger partial charge in [0.25, 0.3) is 0 Å². The lowest BCUT2D eigenvalue weighted by atomic mass is 9.98. The summed E-state index contributed by atoms with van der Waals surface area (Å²) in [5.41, 5.74) is 4.38. The zero-order chi connectivity index (χ0) is 30.2. The highest BCUT2D eigenvalue weighted by molar-refractivity contribution is 7.81. The number of ether oxygens (including phenoxy) is 2. The molecule has 0 unspecified atom stereocenters. The number of piperazine rings is 1. The maximum absolute atomic E-state index is 13.5. The average Bonchev–Trinajstić information content (AvgIpc) is 3.25. The van der Waals surface area contributed by atoms with Crippen LogP contribution >= 0.6 is 0 Å². The highest BCUT2D eigenvalue weighted by Crippen LogP contribution is 2.44. The van der Waals surface area contributed by atoms with Gasteiger partial charge in [0, 0.05) is 49.4 Å². The van der Waals surface area contributed by atoms with Gasteiger partial charge in [0.05, 0.1) is 5.56 Å². The Morgan fingerprint density at radius 1 is 0.929 bits per heavy atom. The van der Waals surface area contributed by atoms with Crippen molar-refractivity contribution < 1.29 is 35.5 Å². The molecule has 0 spiro atoms. The van der Waals surface area contributed by atoms with Crippen LogP contribution in [-0.4, -0.2) is 63.8 Å². The van der Waals surface area contributed by atoms with Crippen molar-refractivity contribution >= 4 is 28.3 Å². The van der Waals surface area contributed by atoms with Crippen LogP contribution in [0.2, 0.25) is 0 Å². The number of nitrogens with zero attached hydrogens (tertiary/aromatic N) is 2. The van der Waals surface area contributed by atoms with Crippen LogP contribution in [0.5, 0.6) is 5.75 Å². The van der Waals surface area contributed by atoms with E-state index in [0.717, 1.165) is 22.3 Å². The average molecular weight is 597 g/mol. The summed E-state index contributed by atoms with van der Waals surface area (Å²) in [6.45, 7) is 8.16. The molecule has 0 radical (unpaired) electrons. The van der Waals surface area contributed by atoms with E-state index in [9.17, 15) is 21.9 Å². The molecule has 0 atom stereocenters. The third-order valence-corrected chi connectivity index (χ3v) is 7.77. The number of benzene rings is 3. The molecule has 0 bridgehead atoms. The topological polar surface area (TPSA) is 102 Å². The molecule has 1 aliphatic carbocycles. The summed E-state index contributed by atoms with van der Waals surface area (Å²) in [4.78, 5) is 29.4. The summed E-state index contributed by atoms with van der Waals surface area (Å²) in [6.07, 6.45) is -0.428. The lowest BCUT2D eigenvalue weighted by Gasteiger charge is -2.36. The summed E-state index contributed by atoms with van der Waals surface area (Å²) in [5, 5.41) is 0. The number of amides is 1. The molecule has 1 saturated heterocycles. The minimum Gasteiger partial charge on any atom is -0.456 e. The summed E-state index contributed by atoms with van der Waals surface area (Å²) in [6, 6.07) is 19.2. The predicted octanol–water partition coefficient (Wildman–Crippen LogP) is 5.61. The Balaban J connectivity index is 1.27. The Labute approximate surface area is 245 Å². The predicted molar refractivity (Wildman–Crippen MR) is 156 cm³/mol. The SMILES string of the molecule is Cc1c(OS(=O)(=O)F)cc(N2CCN(C(=O)OCC3c4ccccc4-c4ccccc43)CC2)cc1C(=O)OC(C)(C)C. The molecule has 9 nitrogen and oxygen atoms in total. The molecule has 1 amide bonds. The fourth-order valence-electron chi connectivity index (χ4n) is 5.43. The molecule has 2 aliphatic rings. The lowest BCUT2D eigenvalue weighted by Crippen LogP contribution is -2.49. The summed E-state index contributed by atoms with van der Waals surface area (Å²) < 4.78 is 51.9. The molecule has 1 heterocycles. The molecule has 3 aromatic rings. The van der Waals surface area contributed by atoms with Gasteiger partial charge in [-0.1, -0.05) is 52.4 Å². The zero-order valence-corrected chi connectivity index (χ0v) is 24.7. The van der Waals surface area contributed by atoms with Gasteiger partial charge >= 0.3 is 22.6 Å². The minimum atomic E-state index is -5.34. The van der Waals surface area contributed by atoms with E-state index in [0.29, 0.717) is 31.9 Å². The van der Waals surface area contributed by atoms with Gasteiger partial charge < -0.3 is 23.5 Å². The van der Waals surface area contributed by atoms with E-state index in [2.05, 4.69) is 28.4 Å². The number of halogens is 1. The van der Waals surface area contributed by atoms with E-state index in [1.165, 1.54) is 13.0 Å². The van der Waals surface area contributed by atoms with Gasteiger partial charge in [-0.25, -0.2) is 9.59 Å². The Morgan fingerprint density at radius 2 is 1.50 bits per heavy atom. The third kappa shape index (κ3) is 6.35. The fourth-order valence-corrected chi connectivity index (χ4v) is 5.81. The largest absolute Gasteiger partial charge is 0.488 e. The van der Waals surface area contributed by atoms with E-state index in [-0.39, 0.29) is 29.4 Å². The van der Waals surface area contributed by atoms with E-state index in [1.807, 2.05) is 29.2 Å². The molecule has 1 fully saturated rings. The van der Waals surface area contributed by atoms with Gasteiger partial charge in [0.15, 0.2) is 5.75 Å². The quantitative estimate of drug-likeness (QED) is 0.267. The molecule has 5 rings (SSSR count). The van der Waals surface area contributed by atoms with Crippen LogP contribution in [0, 0.1) is 6.92 Å². The van der Waals surface area contributed by atoms with Crippen molar-refractivity contribution in [3.05, 3.63) is 82.9 Å². The summed E-state index contributed by atoms with van der Waals surface area (Å²) in [7, 11) is -5.34. The summed E-state index contributed by atoms with van der Waals surface area (Å²) >= 11 is 0. The maximum atomic E-state index is 13.5. The first-order valence-corrected chi connectivity index (χ1v) is 15.0. The summed E-state index contributed by atoms with van der Waals surface area (Å²) in [5.74, 6) is -1.05. The van der Waals surface area contributed by atoms with E-state index in [1.54, 1.807) is 31.7 Å². The Hall–Kier alpha value is -4.12. The monoisotopic (exact) mass is 596 g/mol. The Kier molecular flexibility index (Phi) is 7.89. The second-order valence-electron chi connectivity index (χ2n) is 11.4. The molecule has 222 valence electrons. The number of fused-ring (bicyclic) bond motifs is 3. The highest BCUT2D eigenvalue weighted by atomic mass is 32.3. The van der Waals surface area contributed by atoms with Gasteiger partial charge in [0.2, 0.25) is 0 Å². The van der Waals surface area contributed by atoms with Crippen LogP contribution in [-0.2, 0) is 20.0 Å². The van der Waals surface area contributed by atoms with Crippen molar-refractivity contribution in [2.24, 2.45) is 0 Å². The van der Waals surface area contributed by atoms with E-state index < -0.39 is 28.2 Å². The molecule has 0 aromatic heterocycles. The van der Waals surface area contributed by atoms with Gasteiger partial charge in [-0.3, -0.25) is 0 Å². The number of esters is 1. The molecule has 0 saturated carbocycles. The van der Waals surface area contributed by atoms with Gasteiger partial charge in [-0.15, -0.1) is 0 Å². The standard InChI is InChI=1S/C31H33FN2O7S/c1-20-26(29(35)40-31(2,3)4)17-21(18-28(20)41-42(32,37)38)33-13-15-34(16-14-33)30(36)39-19-27-24-11-7-5-9-22(24)23-10-6-8-12-25(23)27/h5-12,17-18,27H,13-16,19H2,1-4H3. The zero-order valence-electron chi connectivity index (χ0n) is 23.9. The van der Waals surface area contributed by atoms with Crippen LogP contribution in [0.4, 0.5) is 14.4 Å². The second kappa shape index (κ2) is 11.3. The second-order valence-corrected chi connectivity index (χ2v) is 12.3. The number of rotatable bonds is 6. The first-order valence-electron chi connectivity index (χ1n) is 13.7. The third-order valence-electron chi connectivity index (χ3n) is 7.39. The van der Waals surface area contributed by atoms with Crippen LogP contribution in [0.25, 0.3) is 11.1 Å². The fraction of sp³-hybridized carbons (Fsp3) is 0.355. The van der Waals surface area contributed by atoms with Crippen LogP contribution < -0.4 is 9.08 Å². The molecule has 11 heteroatoms. The lowest BCUT2D eigenvalue weighted by molar-refractivity contribution is 0.00682. The molecule has 3 aromatic carbocycles. The Morgan fingerprint density at radius 3 is 2.05 bits per heavy atom. The molecule has 0 N–H and O–H groups in total. The maximum Gasteiger partial charge on any atom is 0.488 e. The number of anilines is 1. The van der Waals surface area contributed by atoms with Gasteiger partial charge in [-0.2, -0.15) is 8.42 Å². The minimum absolute atomic E-state index is 0.0494. The number of hydrogen-bond donors (Lipinski definition) is 0. The van der Waals surface area contributed by atoms with Crippen molar-refractivity contribution in [3.8, 4) is 16.9 Å². The van der Waals surface area contributed by atoms with Gasteiger partial charge in [-0.05, 0) is 56.0 Å². The van der Waals surface area contributed by atoms with Crippen molar-refractivity contribution in [1.82, 2.24) is 4.90 Å². The van der Waals surface area contributed by atoms with Crippen molar-refractivity contribution in [2.45, 2.75) is 39.2 Å². The molecular formula is C31H33FN2O7S.